The highest BCUT2D eigenvalue weighted by atomic mass is 19.4. The van der Waals surface area contributed by atoms with Gasteiger partial charge in [0.05, 0.1) is 5.56 Å². The fourth-order valence-electron chi connectivity index (χ4n) is 3.72. The van der Waals surface area contributed by atoms with Crippen LogP contribution in [0.3, 0.4) is 0 Å². The Morgan fingerprint density at radius 3 is 2.78 bits per heavy atom. The Kier molecular flexibility index (Phi) is 5.87. The van der Waals surface area contributed by atoms with Crippen molar-refractivity contribution in [1.82, 2.24) is 14.5 Å². The second-order valence-corrected chi connectivity index (χ2v) is 7.14. The second kappa shape index (κ2) is 8.15. The highest BCUT2D eigenvalue weighted by molar-refractivity contribution is 5.76. The lowest BCUT2D eigenvalue weighted by Crippen LogP contribution is -2.41. The quantitative estimate of drug-likeness (QED) is 0.785. The molecule has 2 heterocycles. The number of likely N-dealkylation sites (tertiary alicyclic amines) is 1. The molecule has 1 fully saturated rings. The molecule has 0 aliphatic carbocycles. The Morgan fingerprint density at radius 2 is 2.07 bits per heavy atom. The van der Waals surface area contributed by atoms with Crippen molar-refractivity contribution in [3.05, 3.63) is 53.6 Å². The Balaban J connectivity index is 1.58. The highest BCUT2D eigenvalue weighted by Gasteiger charge is 2.33. The van der Waals surface area contributed by atoms with Crippen molar-refractivity contribution in [2.24, 2.45) is 5.92 Å². The van der Waals surface area contributed by atoms with Crippen LogP contribution in [0.1, 0.15) is 36.2 Å². The molecule has 1 atom stereocenters. The monoisotopic (exact) mass is 379 g/mol. The van der Waals surface area contributed by atoms with Crippen molar-refractivity contribution in [2.75, 3.05) is 13.1 Å². The maximum atomic E-state index is 13.1. The topological polar surface area (TPSA) is 38.1 Å². The van der Waals surface area contributed by atoms with Gasteiger partial charge in [0.25, 0.3) is 0 Å². The fraction of sp³-hybridized carbons (Fsp3) is 0.500. The van der Waals surface area contributed by atoms with Gasteiger partial charge in [-0.1, -0.05) is 18.2 Å². The Morgan fingerprint density at radius 1 is 1.30 bits per heavy atom. The molecule has 146 valence electrons. The van der Waals surface area contributed by atoms with Crippen molar-refractivity contribution in [3.63, 3.8) is 0 Å². The number of rotatable bonds is 5. The molecular formula is C20H24F3N3O. The van der Waals surface area contributed by atoms with E-state index in [9.17, 15) is 18.0 Å². The normalized spacial score (nSPS) is 17.9. The van der Waals surface area contributed by atoms with E-state index < -0.39 is 11.7 Å². The first-order valence-corrected chi connectivity index (χ1v) is 9.25. The molecule has 4 nitrogen and oxygen atoms in total. The number of benzene rings is 1. The van der Waals surface area contributed by atoms with Crippen LogP contribution in [0.2, 0.25) is 0 Å². The van der Waals surface area contributed by atoms with Crippen LogP contribution in [0.25, 0.3) is 0 Å². The average Bonchev–Trinajstić information content (AvgIpc) is 3.04. The zero-order valence-corrected chi connectivity index (χ0v) is 15.4. The standard InChI is InChI=1S/C20H24F3N3O/c1-15-24-10-12-25(15)14-19(27)26-11-4-5-16(13-26)8-9-17-6-2-3-7-18(17)20(21,22)23/h2-3,6-7,10,12,16H,4-5,8-9,11,13-14H2,1H3/t16-/m0/s1. The molecule has 2 aromatic rings. The van der Waals surface area contributed by atoms with E-state index >= 15 is 0 Å². The largest absolute Gasteiger partial charge is 0.416 e. The number of halogens is 3. The molecule has 3 rings (SSSR count). The zero-order chi connectivity index (χ0) is 19.4. The summed E-state index contributed by atoms with van der Waals surface area (Å²) in [4.78, 5) is 18.5. The van der Waals surface area contributed by atoms with Crippen LogP contribution in [0.4, 0.5) is 13.2 Å². The summed E-state index contributed by atoms with van der Waals surface area (Å²) in [5.74, 6) is 1.06. The third-order valence-electron chi connectivity index (χ3n) is 5.25. The Bertz CT molecular complexity index is 785. The van der Waals surface area contributed by atoms with Gasteiger partial charge in [-0.15, -0.1) is 0 Å². The van der Waals surface area contributed by atoms with E-state index in [4.69, 9.17) is 0 Å². The number of aromatic nitrogens is 2. The van der Waals surface area contributed by atoms with Crippen LogP contribution >= 0.6 is 0 Å². The predicted molar refractivity (Wildman–Crippen MR) is 96.0 cm³/mol. The van der Waals surface area contributed by atoms with Gasteiger partial charge < -0.3 is 9.47 Å². The number of hydrogen-bond acceptors (Lipinski definition) is 2. The first kappa shape index (κ1) is 19.5. The smallest absolute Gasteiger partial charge is 0.341 e. The molecule has 0 unspecified atom stereocenters. The summed E-state index contributed by atoms with van der Waals surface area (Å²) in [6.07, 6.45) is 1.99. The minimum atomic E-state index is -4.33. The summed E-state index contributed by atoms with van der Waals surface area (Å²) in [7, 11) is 0. The molecule has 7 heteroatoms. The third kappa shape index (κ3) is 4.90. The molecular weight excluding hydrogens is 355 g/mol. The van der Waals surface area contributed by atoms with Gasteiger partial charge in [-0.25, -0.2) is 4.98 Å². The number of carbonyl (C=O) groups excluding carboxylic acids is 1. The number of alkyl halides is 3. The number of carbonyl (C=O) groups is 1. The van der Waals surface area contributed by atoms with Crippen LogP contribution in [-0.4, -0.2) is 33.4 Å². The lowest BCUT2D eigenvalue weighted by atomic mass is 9.90. The SMILES string of the molecule is Cc1nccn1CC(=O)N1CCC[C@@H](CCc2ccccc2C(F)(F)F)C1. The molecule has 1 aliphatic heterocycles. The van der Waals surface area contributed by atoms with Crippen LogP contribution in [0, 0.1) is 12.8 Å². The van der Waals surface area contributed by atoms with Crippen LogP contribution in [0.15, 0.2) is 36.7 Å². The van der Waals surface area contributed by atoms with Crippen molar-refractivity contribution in [3.8, 4) is 0 Å². The highest BCUT2D eigenvalue weighted by Crippen LogP contribution is 2.33. The summed E-state index contributed by atoms with van der Waals surface area (Å²) in [6.45, 7) is 3.43. The van der Waals surface area contributed by atoms with Gasteiger partial charge in [-0.05, 0) is 50.2 Å². The molecule has 0 saturated carbocycles. The molecule has 1 aromatic heterocycles. The second-order valence-electron chi connectivity index (χ2n) is 7.14. The molecule has 1 saturated heterocycles. The first-order chi connectivity index (χ1) is 12.8. The van der Waals surface area contributed by atoms with Gasteiger partial charge in [0.2, 0.25) is 5.91 Å². The van der Waals surface area contributed by atoms with Gasteiger partial charge in [0.1, 0.15) is 12.4 Å². The summed E-state index contributed by atoms with van der Waals surface area (Å²) >= 11 is 0. The number of piperidine rings is 1. The fourth-order valence-corrected chi connectivity index (χ4v) is 3.72. The van der Waals surface area contributed by atoms with Crippen LogP contribution in [0.5, 0.6) is 0 Å². The summed E-state index contributed by atoms with van der Waals surface area (Å²) in [5, 5.41) is 0. The van der Waals surface area contributed by atoms with Gasteiger partial charge in [-0.2, -0.15) is 13.2 Å². The summed E-state index contributed by atoms with van der Waals surface area (Å²) in [6, 6.07) is 5.76. The lowest BCUT2D eigenvalue weighted by Gasteiger charge is -2.33. The van der Waals surface area contributed by atoms with Crippen molar-refractivity contribution >= 4 is 5.91 Å². The lowest BCUT2D eigenvalue weighted by molar-refractivity contribution is -0.138. The van der Waals surface area contributed by atoms with E-state index in [0.717, 1.165) is 24.7 Å². The average molecular weight is 379 g/mol. The van der Waals surface area contributed by atoms with Gasteiger partial charge in [0, 0.05) is 25.5 Å². The minimum absolute atomic E-state index is 0.0384. The maximum absolute atomic E-state index is 13.1. The summed E-state index contributed by atoms with van der Waals surface area (Å²) < 4.78 is 41.2. The number of amides is 1. The zero-order valence-electron chi connectivity index (χ0n) is 15.4. The van der Waals surface area contributed by atoms with Gasteiger partial charge in [-0.3, -0.25) is 4.79 Å². The summed E-state index contributed by atoms with van der Waals surface area (Å²) in [5.41, 5.74) is -0.216. The number of nitrogens with zero attached hydrogens (tertiary/aromatic N) is 3. The van der Waals surface area contributed by atoms with E-state index in [1.807, 2.05) is 16.4 Å². The maximum Gasteiger partial charge on any atom is 0.416 e. The molecule has 27 heavy (non-hydrogen) atoms. The third-order valence-corrected chi connectivity index (χ3v) is 5.25. The molecule has 1 aliphatic rings. The van der Waals surface area contributed by atoms with Gasteiger partial charge >= 0.3 is 6.18 Å². The van der Waals surface area contributed by atoms with E-state index in [0.29, 0.717) is 31.5 Å². The Hall–Kier alpha value is -2.31. The molecule has 0 bridgehead atoms. The predicted octanol–water partition coefficient (Wildman–Crippen LogP) is 4.08. The van der Waals surface area contributed by atoms with Crippen molar-refractivity contribution in [2.45, 2.75) is 45.3 Å². The van der Waals surface area contributed by atoms with E-state index in [1.165, 1.54) is 6.07 Å². The number of hydrogen-bond donors (Lipinski definition) is 0. The van der Waals surface area contributed by atoms with Crippen LogP contribution in [-0.2, 0) is 23.9 Å². The molecule has 0 spiro atoms. The van der Waals surface area contributed by atoms with E-state index in [1.54, 1.807) is 24.5 Å². The number of imidazole rings is 1. The van der Waals surface area contributed by atoms with Crippen molar-refractivity contribution < 1.29 is 18.0 Å². The van der Waals surface area contributed by atoms with Crippen molar-refractivity contribution in [1.29, 1.82) is 0 Å². The first-order valence-electron chi connectivity index (χ1n) is 9.25. The van der Waals surface area contributed by atoms with E-state index in [2.05, 4.69) is 4.98 Å². The molecule has 1 aromatic carbocycles. The molecule has 0 N–H and O–H groups in total. The number of aryl methyl sites for hydroxylation is 2. The minimum Gasteiger partial charge on any atom is -0.341 e. The van der Waals surface area contributed by atoms with E-state index in [-0.39, 0.29) is 18.4 Å². The molecule has 0 radical (unpaired) electrons. The van der Waals surface area contributed by atoms with Crippen LogP contribution < -0.4 is 0 Å². The van der Waals surface area contributed by atoms with Gasteiger partial charge in [0.15, 0.2) is 0 Å². The molecule has 1 amide bonds. The Labute approximate surface area is 157 Å².